The van der Waals surface area contributed by atoms with Crippen molar-refractivity contribution >= 4 is 12.4 Å². The zero-order chi connectivity index (χ0) is 14.4. The summed E-state index contributed by atoms with van der Waals surface area (Å²) in [5, 5.41) is 2.88. The van der Waals surface area contributed by atoms with Crippen LogP contribution in [0.2, 0.25) is 0 Å². The van der Waals surface area contributed by atoms with Crippen LogP contribution in [0.4, 0.5) is 0 Å². The van der Waals surface area contributed by atoms with E-state index in [0.29, 0.717) is 18.1 Å². The molecule has 2 rings (SSSR count). The first kappa shape index (κ1) is 14.6. The Hall–Kier alpha value is -1.84. The van der Waals surface area contributed by atoms with Gasteiger partial charge in [-0.05, 0) is 50.7 Å². The minimum atomic E-state index is -0.259. The third kappa shape index (κ3) is 3.83. The van der Waals surface area contributed by atoms with Crippen LogP contribution in [0.3, 0.4) is 0 Å². The van der Waals surface area contributed by atoms with Gasteiger partial charge in [0, 0.05) is 5.54 Å². The van der Waals surface area contributed by atoms with Crippen LogP contribution >= 0.6 is 0 Å². The zero-order valence-corrected chi connectivity index (χ0v) is 11.8. The molecule has 1 aliphatic rings. The van der Waals surface area contributed by atoms with Crippen molar-refractivity contribution in [2.45, 2.75) is 38.1 Å². The van der Waals surface area contributed by atoms with Crippen LogP contribution in [0.15, 0.2) is 30.3 Å². The highest BCUT2D eigenvalue weighted by atomic mass is 16.5. The van der Waals surface area contributed by atoms with Crippen molar-refractivity contribution in [3.8, 4) is 0 Å². The third-order valence-corrected chi connectivity index (χ3v) is 4.08. The van der Waals surface area contributed by atoms with Crippen LogP contribution in [0.25, 0.3) is 0 Å². The zero-order valence-electron chi connectivity index (χ0n) is 11.8. The predicted octanol–water partition coefficient (Wildman–Crippen LogP) is 2.54. The first-order valence-corrected chi connectivity index (χ1v) is 7.06. The molecule has 0 aromatic heterocycles. The lowest BCUT2D eigenvalue weighted by molar-refractivity contribution is -0.111. The molecule has 0 heterocycles. The van der Waals surface area contributed by atoms with Crippen molar-refractivity contribution in [1.29, 1.82) is 0 Å². The molecule has 4 nitrogen and oxygen atoms in total. The van der Waals surface area contributed by atoms with E-state index in [9.17, 15) is 9.59 Å². The number of carbonyl (C=O) groups excluding carboxylic acids is 2. The van der Waals surface area contributed by atoms with Crippen molar-refractivity contribution in [1.82, 2.24) is 5.32 Å². The topological polar surface area (TPSA) is 55.4 Å². The summed E-state index contributed by atoms with van der Waals surface area (Å²) in [6.45, 7) is 2.53. The normalized spacial score (nSPS) is 25.8. The standard InChI is InChI=1S/C16H21NO3/c1-16(17-12-18)9-7-13(8-10-16)11-20-15(19)14-5-3-2-4-6-14/h2-6,12-13H,7-11H2,1H3,(H,17,18). The van der Waals surface area contributed by atoms with E-state index in [4.69, 9.17) is 4.74 Å². The van der Waals surface area contributed by atoms with Crippen molar-refractivity contribution in [2.24, 2.45) is 5.92 Å². The second-order valence-electron chi connectivity index (χ2n) is 5.73. The van der Waals surface area contributed by atoms with Gasteiger partial charge in [0.1, 0.15) is 0 Å². The quantitative estimate of drug-likeness (QED) is 0.663. The van der Waals surface area contributed by atoms with Crippen molar-refractivity contribution in [3.63, 3.8) is 0 Å². The van der Waals surface area contributed by atoms with Gasteiger partial charge in [0.15, 0.2) is 0 Å². The maximum absolute atomic E-state index is 11.8. The fraction of sp³-hybridized carbons (Fsp3) is 0.500. The summed E-state index contributed by atoms with van der Waals surface area (Å²) in [5.41, 5.74) is 0.498. The third-order valence-electron chi connectivity index (χ3n) is 4.08. The minimum absolute atomic E-state index is 0.0955. The van der Waals surface area contributed by atoms with Crippen LogP contribution in [-0.2, 0) is 9.53 Å². The average molecular weight is 275 g/mol. The van der Waals surface area contributed by atoms with Gasteiger partial charge in [-0.1, -0.05) is 18.2 Å². The Labute approximate surface area is 119 Å². The minimum Gasteiger partial charge on any atom is -0.462 e. The maximum atomic E-state index is 11.8. The Kier molecular flexibility index (Phi) is 4.77. The fourth-order valence-corrected chi connectivity index (χ4v) is 2.62. The number of esters is 1. The number of carbonyl (C=O) groups is 2. The van der Waals surface area contributed by atoms with Gasteiger partial charge in [0.25, 0.3) is 0 Å². The Bertz CT molecular complexity index is 450. The Balaban J connectivity index is 1.76. The van der Waals surface area contributed by atoms with Crippen molar-refractivity contribution in [3.05, 3.63) is 35.9 Å². The lowest BCUT2D eigenvalue weighted by Crippen LogP contribution is -2.45. The Morgan fingerprint density at radius 1 is 1.35 bits per heavy atom. The second kappa shape index (κ2) is 6.55. The predicted molar refractivity (Wildman–Crippen MR) is 76.3 cm³/mol. The van der Waals surface area contributed by atoms with Gasteiger partial charge >= 0.3 is 5.97 Å². The summed E-state index contributed by atoms with van der Waals surface area (Å²) < 4.78 is 5.37. The maximum Gasteiger partial charge on any atom is 0.338 e. The number of ether oxygens (including phenoxy) is 1. The fourth-order valence-electron chi connectivity index (χ4n) is 2.62. The molecule has 108 valence electrons. The number of benzene rings is 1. The summed E-state index contributed by atoms with van der Waals surface area (Å²) in [7, 11) is 0. The van der Waals surface area contributed by atoms with E-state index in [-0.39, 0.29) is 11.5 Å². The van der Waals surface area contributed by atoms with Crippen molar-refractivity contribution in [2.75, 3.05) is 6.61 Å². The monoisotopic (exact) mass is 275 g/mol. The van der Waals surface area contributed by atoms with E-state index in [2.05, 4.69) is 12.2 Å². The molecule has 0 unspecified atom stereocenters. The molecule has 0 atom stereocenters. The van der Waals surface area contributed by atoms with E-state index < -0.39 is 0 Å². The summed E-state index contributed by atoms with van der Waals surface area (Å²) in [4.78, 5) is 22.4. The molecule has 1 saturated carbocycles. The lowest BCUT2D eigenvalue weighted by Gasteiger charge is -2.36. The van der Waals surface area contributed by atoms with Gasteiger partial charge in [-0.25, -0.2) is 4.79 Å². The first-order valence-electron chi connectivity index (χ1n) is 7.06. The molecule has 1 aromatic carbocycles. The molecule has 0 spiro atoms. The van der Waals surface area contributed by atoms with Gasteiger partial charge in [-0.15, -0.1) is 0 Å². The van der Waals surface area contributed by atoms with Gasteiger partial charge in [0.2, 0.25) is 6.41 Å². The molecule has 1 amide bonds. The highest BCUT2D eigenvalue weighted by Crippen LogP contribution is 2.31. The molecule has 0 saturated heterocycles. The molecule has 1 aromatic rings. The SMILES string of the molecule is CC1(NC=O)CCC(COC(=O)c2ccccc2)CC1. The van der Waals surface area contributed by atoms with E-state index in [0.717, 1.165) is 32.1 Å². The number of rotatable bonds is 5. The smallest absolute Gasteiger partial charge is 0.338 e. The molecule has 0 radical (unpaired) electrons. The summed E-state index contributed by atoms with van der Waals surface area (Å²) in [5.74, 6) is 0.133. The Morgan fingerprint density at radius 2 is 2.00 bits per heavy atom. The van der Waals surface area contributed by atoms with E-state index >= 15 is 0 Å². The van der Waals surface area contributed by atoms with Gasteiger partial charge < -0.3 is 10.1 Å². The molecule has 1 fully saturated rings. The van der Waals surface area contributed by atoms with E-state index in [1.807, 2.05) is 18.2 Å². The molecule has 0 aliphatic heterocycles. The van der Waals surface area contributed by atoms with Crippen LogP contribution in [0.5, 0.6) is 0 Å². The molecular formula is C16H21NO3. The molecule has 4 heteroatoms. The average Bonchev–Trinajstić information content (AvgIpc) is 2.47. The number of hydrogen-bond donors (Lipinski definition) is 1. The van der Waals surface area contributed by atoms with Gasteiger partial charge in [-0.3, -0.25) is 4.79 Å². The second-order valence-corrected chi connectivity index (χ2v) is 5.73. The van der Waals surface area contributed by atoms with Crippen LogP contribution in [-0.4, -0.2) is 24.5 Å². The van der Waals surface area contributed by atoms with Crippen LogP contribution in [0, 0.1) is 5.92 Å². The number of nitrogens with one attached hydrogen (secondary N) is 1. The highest BCUT2D eigenvalue weighted by molar-refractivity contribution is 5.89. The van der Waals surface area contributed by atoms with Gasteiger partial charge in [0.05, 0.1) is 12.2 Å². The molecule has 0 bridgehead atoms. The first-order chi connectivity index (χ1) is 9.63. The van der Waals surface area contributed by atoms with E-state index in [1.165, 1.54) is 0 Å². The molecule has 1 N–H and O–H groups in total. The summed E-state index contributed by atoms with van der Waals surface area (Å²) in [6, 6.07) is 9.04. The van der Waals surface area contributed by atoms with E-state index in [1.54, 1.807) is 12.1 Å². The lowest BCUT2D eigenvalue weighted by atomic mass is 9.78. The highest BCUT2D eigenvalue weighted by Gasteiger charge is 2.30. The van der Waals surface area contributed by atoms with Crippen molar-refractivity contribution < 1.29 is 14.3 Å². The Morgan fingerprint density at radius 3 is 2.60 bits per heavy atom. The molecule has 20 heavy (non-hydrogen) atoms. The summed E-state index contributed by atoms with van der Waals surface area (Å²) in [6.07, 6.45) is 4.58. The number of amides is 1. The molecular weight excluding hydrogens is 254 g/mol. The number of hydrogen-bond acceptors (Lipinski definition) is 3. The van der Waals surface area contributed by atoms with Gasteiger partial charge in [-0.2, -0.15) is 0 Å². The van der Waals surface area contributed by atoms with Crippen LogP contribution < -0.4 is 5.32 Å². The van der Waals surface area contributed by atoms with Crippen LogP contribution in [0.1, 0.15) is 43.0 Å². The summed E-state index contributed by atoms with van der Waals surface area (Å²) >= 11 is 0. The largest absolute Gasteiger partial charge is 0.462 e. The molecule has 1 aliphatic carbocycles.